The Labute approximate surface area is 106 Å². The predicted octanol–water partition coefficient (Wildman–Crippen LogP) is 4.83. The fourth-order valence-corrected chi connectivity index (χ4v) is 2.62. The van der Waals surface area contributed by atoms with Gasteiger partial charge >= 0.3 is 0 Å². The highest BCUT2D eigenvalue weighted by Gasteiger charge is 2.26. The predicted molar refractivity (Wildman–Crippen MR) is 74.0 cm³/mol. The summed E-state index contributed by atoms with van der Waals surface area (Å²) in [6.07, 6.45) is 10.4. The van der Waals surface area contributed by atoms with E-state index in [9.17, 15) is 4.79 Å². The lowest BCUT2D eigenvalue weighted by atomic mass is 9.72. The van der Waals surface area contributed by atoms with Crippen LogP contribution in [0.4, 0.5) is 0 Å². The lowest BCUT2D eigenvalue weighted by Crippen LogP contribution is -2.19. The van der Waals surface area contributed by atoms with Crippen LogP contribution in [0.3, 0.4) is 0 Å². The molecule has 0 fully saturated rings. The Morgan fingerprint density at radius 3 is 2.71 bits per heavy atom. The van der Waals surface area contributed by atoms with Gasteiger partial charge in [-0.15, -0.1) is 0 Å². The molecular weight excluding hydrogens is 208 g/mol. The van der Waals surface area contributed by atoms with Crippen molar-refractivity contribution in [3.8, 4) is 0 Å². The molecule has 0 amide bonds. The monoisotopic (exact) mass is 234 g/mol. The number of carbonyl (C=O) groups excluding carboxylic acids is 1. The fraction of sp³-hybridized carbons (Fsp3) is 0.688. The summed E-state index contributed by atoms with van der Waals surface area (Å²) in [7, 11) is 0. The molecule has 0 heterocycles. The van der Waals surface area contributed by atoms with Crippen molar-refractivity contribution in [1.29, 1.82) is 0 Å². The molecule has 0 spiro atoms. The number of carbonyl (C=O) groups is 1. The highest BCUT2D eigenvalue weighted by molar-refractivity contribution is 5.90. The summed E-state index contributed by atoms with van der Waals surface area (Å²) in [5, 5.41) is 0. The largest absolute Gasteiger partial charge is 0.295 e. The van der Waals surface area contributed by atoms with E-state index in [1.165, 1.54) is 30.4 Å². The van der Waals surface area contributed by atoms with Crippen molar-refractivity contribution in [3.63, 3.8) is 0 Å². The number of rotatable bonds is 5. The van der Waals surface area contributed by atoms with Crippen LogP contribution in [0.2, 0.25) is 0 Å². The number of unbranched alkanes of at least 4 members (excludes halogenated alkanes) is 1. The Hall–Kier alpha value is -0.850. The van der Waals surface area contributed by atoms with Crippen LogP contribution >= 0.6 is 0 Å². The van der Waals surface area contributed by atoms with E-state index in [0.29, 0.717) is 6.42 Å². The maximum atomic E-state index is 11.7. The summed E-state index contributed by atoms with van der Waals surface area (Å²) in [5.74, 6) is 0.272. The maximum absolute atomic E-state index is 11.7. The molecule has 0 unspecified atom stereocenters. The van der Waals surface area contributed by atoms with Crippen LogP contribution in [0.25, 0.3) is 0 Å². The van der Waals surface area contributed by atoms with Crippen LogP contribution in [0.1, 0.15) is 66.2 Å². The first kappa shape index (κ1) is 14.2. The molecule has 0 saturated carbocycles. The molecule has 1 aliphatic rings. The topological polar surface area (TPSA) is 17.1 Å². The molecule has 0 aliphatic heterocycles. The average molecular weight is 234 g/mol. The Balaban J connectivity index is 2.71. The zero-order chi connectivity index (χ0) is 12.9. The van der Waals surface area contributed by atoms with Crippen LogP contribution < -0.4 is 0 Å². The molecule has 0 atom stereocenters. The third kappa shape index (κ3) is 4.14. The molecule has 1 heteroatoms. The van der Waals surface area contributed by atoms with Gasteiger partial charge in [-0.1, -0.05) is 38.8 Å². The molecule has 96 valence electrons. The Morgan fingerprint density at radius 1 is 1.41 bits per heavy atom. The molecule has 0 aromatic rings. The van der Waals surface area contributed by atoms with E-state index in [2.05, 4.69) is 33.8 Å². The Morgan fingerprint density at radius 2 is 2.12 bits per heavy atom. The summed E-state index contributed by atoms with van der Waals surface area (Å²) in [6, 6.07) is 0. The number of allylic oxidation sites excluding steroid dienone is 4. The van der Waals surface area contributed by atoms with E-state index in [4.69, 9.17) is 0 Å². The number of hydrogen-bond acceptors (Lipinski definition) is 1. The second kappa shape index (κ2) is 6.18. The smallest absolute Gasteiger partial charge is 0.155 e. The summed E-state index contributed by atoms with van der Waals surface area (Å²) in [6.45, 7) is 8.89. The van der Waals surface area contributed by atoms with E-state index < -0.39 is 0 Å². The molecule has 1 aliphatic carbocycles. The fourth-order valence-electron chi connectivity index (χ4n) is 2.62. The zero-order valence-electron chi connectivity index (χ0n) is 11.8. The Kier molecular flexibility index (Phi) is 5.17. The minimum atomic E-state index is 0.240. The number of hydrogen-bond donors (Lipinski definition) is 0. The first-order chi connectivity index (χ1) is 7.97. The standard InChI is InChI=1S/C16H26O/c1-5-6-9-14(17)10-11-15-13(2)8-7-12-16(15,3)4/h10-11H,5-9,12H2,1-4H3/b11-10+. The van der Waals surface area contributed by atoms with Crippen molar-refractivity contribution in [2.75, 3.05) is 0 Å². The maximum Gasteiger partial charge on any atom is 0.155 e. The second-order valence-electron chi connectivity index (χ2n) is 5.83. The molecule has 0 aromatic carbocycles. The van der Waals surface area contributed by atoms with Gasteiger partial charge in [0.1, 0.15) is 0 Å². The van der Waals surface area contributed by atoms with Gasteiger partial charge in [-0.3, -0.25) is 4.79 Å². The van der Waals surface area contributed by atoms with E-state index in [1.54, 1.807) is 6.08 Å². The van der Waals surface area contributed by atoms with E-state index >= 15 is 0 Å². The van der Waals surface area contributed by atoms with Gasteiger partial charge in [0.25, 0.3) is 0 Å². The van der Waals surface area contributed by atoms with Crippen LogP contribution in [0.5, 0.6) is 0 Å². The summed E-state index contributed by atoms with van der Waals surface area (Å²) in [4.78, 5) is 11.7. The van der Waals surface area contributed by atoms with Gasteiger partial charge < -0.3 is 0 Å². The van der Waals surface area contributed by atoms with Gasteiger partial charge in [-0.25, -0.2) is 0 Å². The molecule has 0 saturated heterocycles. The minimum absolute atomic E-state index is 0.240. The summed E-state index contributed by atoms with van der Waals surface area (Å²) in [5.41, 5.74) is 3.08. The van der Waals surface area contributed by atoms with Crippen LogP contribution in [0, 0.1) is 5.41 Å². The normalized spacial score (nSPS) is 20.0. The van der Waals surface area contributed by atoms with E-state index in [1.807, 2.05) is 0 Å². The lowest BCUT2D eigenvalue weighted by Gasteiger charge is -2.32. The summed E-state index contributed by atoms with van der Waals surface area (Å²) >= 11 is 0. The third-order valence-electron chi connectivity index (χ3n) is 3.76. The highest BCUT2D eigenvalue weighted by Crippen LogP contribution is 2.40. The van der Waals surface area contributed by atoms with Gasteiger partial charge in [0.2, 0.25) is 0 Å². The first-order valence-electron chi connectivity index (χ1n) is 6.88. The van der Waals surface area contributed by atoms with Gasteiger partial charge in [-0.05, 0) is 49.7 Å². The van der Waals surface area contributed by atoms with Gasteiger partial charge in [0.15, 0.2) is 5.78 Å². The van der Waals surface area contributed by atoms with Crippen molar-refractivity contribution in [2.45, 2.75) is 66.2 Å². The minimum Gasteiger partial charge on any atom is -0.295 e. The highest BCUT2D eigenvalue weighted by atomic mass is 16.1. The van der Waals surface area contributed by atoms with E-state index in [0.717, 1.165) is 12.8 Å². The van der Waals surface area contributed by atoms with Crippen molar-refractivity contribution < 1.29 is 4.79 Å². The Bertz CT molecular complexity index is 331. The quantitative estimate of drug-likeness (QED) is 0.623. The number of ketones is 1. The van der Waals surface area contributed by atoms with Crippen LogP contribution in [0.15, 0.2) is 23.3 Å². The SMILES string of the molecule is CCCCC(=O)/C=C/C1=C(C)CCCC1(C)C. The molecule has 0 bridgehead atoms. The molecule has 1 nitrogen and oxygen atoms in total. The molecule has 0 N–H and O–H groups in total. The second-order valence-corrected chi connectivity index (χ2v) is 5.83. The van der Waals surface area contributed by atoms with Crippen molar-refractivity contribution in [2.24, 2.45) is 5.41 Å². The van der Waals surface area contributed by atoms with Crippen LogP contribution in [-0.4, -0.2) is 5.78 Å². The van der Waals surface area contributed by atoms with Crippen molar-refractivity contribution in [1.82, 2.24) is 0 Å². The molecule has 17 heavy (non-hydrogen) atoms. The lowest BCUT2D eigenvalue weighted by molar-refractivity contribution is -0.114. The van der Waals surface area contributed by atoms with Gasteiger partial charge in [0.05, 0.1) is 0 Å². The van der Waals surface area contributed by atoms with Crippen molar-refractivity contribution >= 4 is 5.78 Å². The third-order valence-corrected chi connectivity index (χ3v) is 3.76. The van der Waals surface area contributed by atoms with Gasteiger partial charge in [0, 0.05) is 6.42 Å². The molecule has 1 rings (SSSR count). The van der Waals surface area contributed by atoms with E-state index in [-0.39, 0.29) is 11.2 Å². The average Bonchev–Trinajstić information content (AvgIpc) is 2.24. The molecular formula is C16H26O. The van der Waals surface area contributed by atoms with Crippen LogP contribution in [-0.2, 0) is 4.79 Å². The summed E-state index contributed by atoms with van der Waals surface area (Å²) < 4.78 is 0. The van der Waals surface area contributed by atoms with Crippen molar-refractivity contribution in [3.05, 3.63) is 23.3 Å². The first-order valence-corrected chi connectivity index (χ1v) is 6.88. The zero-order valence-corrected chi connectivity index (χ0v) is 11.8. The molecule has 0 aromatic heterocycles. The molecule has 0 radical (unpaired) electrons. The van der Waals surface area contributed by atoms with Gasteiger partial charge in [-0.2, -0.15) is 0 Å².